The molecular formula is C30H38N4O3. The summed E-state index contributed by atoms with van der Waals surface area (Å²) in [6.45, 7) is 0. The monoisotopic (exact) mass is 502 g/mol. The van der Waals surface area contributed by atoms with Crippen LogP contribution in [0.3, 0.4) is 0 Å². The Hall–Kier alpha value is -3.19. The van der Waals surface area contributed by atoms with Gasteiger partial charge in [0.2, 0.25) is 11.8 Å². The lowest BCUT2D eigenvalue weighted by Crippen LogP contribution is -2.49. The highest BCUT2D eigenvalue weighted by molar-refractivity contribution is 6.06. The summed E-state index contributed by atoms with van der Waals surface area (Å²) < 4.78 is 0. The highest BCUT2D eigenvalue weighted by Gasteiger charge is 2.34. The Bertz CT molecular complexity index is 1130. The zero-order valence-electron chi connectivity index (χ0n) is 21.5. The number of carbonyl (C=O) groups is 3. The first-order valence-electron chi connectivity index (χ1n) is 13.9. The summed E-state index contributed by atoms with van der Waals surface area (Å²) in [5, 5.41) is 6.06. The first kappa shape index (κ1) is 25.5. The lowest BCUT2D eigenvalue weighted by atomic mass is 9.91. The topological polar surface area (TPSA) is 105 Å². The third-order valence-corrected chi connectivity index (χ3v) is 8.31. The van der Waals surface area contributed by atoms with Gasteiger partial charge in [-0.25, -0.2) is 0 Å². The normalized spacial score (nSPS) is 24.2. The van der Waals surface area contributed by atoms with Crippen molar-refractivity contribution in [1.82, 2.24) is 5.32 Å². The predicted molar refractivity (Wildman–Crippen MR) is 145 cm³/mol. The quantitative estimate of drug-likeness (QED) is 0.513. The third-order valence-electron chi connectivity index (χ3n) is 8.31. The number of benzene rings is 2. The maximum atomic E-state index is 13.8. The summed E-state index contributed by atoms with van der Waals surface area (Å²) in [5.41, 5.74) is 8.75. The molecular weight excluding hydrogens is 464 g/mol. The number of carbonyl (C=O) groups excluding carboxylic acids is 3. The van der Waals surface area contributed by atoms with E-state index in [9.17, 15) is 14.4 Å². The highest BCUT2D eigenvalue weighted by Crippen LogP contribution is 2.40. The fourth-order valence-corrected chi connectivity index (χ4v) is 6.21. The molecule has 0 spiro atoms. The molecule has 3 aliphatic rings. The van der Waals surface area contributed by atoms with Crippen molar-refractivity contribution in [3.8, 4) is 0 Å². The van der Waals surface area contributed by atoms with Gasteiger partial charge in [-0.2, -0.15) is 0 Å². The molecule has 2 fully saturated rings. The molecule has 2 aliphatic carbocycles. The van der Waals surface area contributed by atoms with E-state index < -0.39 is 6.04 Å². The van der Waals surface area contributed by atoms with Gasteiger partial charge in [-0.15, -0.1) is 0 Å². The van der Waals surface area contributed by atoms with Crippen molar-refractivity contribution in [2.75, 3.05) is 10.2 Å². The van der Waals surface area contributed by atoms with Gasteiger partial charge in [0.25, 0.3) is 5.91 Å². The van der Waals surface area contributed by atoms with Gasteiger partial charge in [0.1, 0.15) is 0 Å². The molecule has 0 saturated heterocycles. The summed E-state index contributed by atoms with van der Waals surface area (Å²) in [6, 6.07) is 14.5. The van der Waals surface area contributed by atoms with Crippen LogP contribution in [0.15, 0.2) is 48.5 Å². The molecule has 4 N–H and O–H groups in total. The summed E-state index contributed by atoms with van der Waals surface area (Å²) in [6.07, 6.45) is 10.3. The minimum Gasteiger partial charge on any atom is -0.348 e. The minimum atomic E-state index is -0.404. The Morgan fingerprint density at radius 3 is 2.46 bits per heavy atom. The minimum absolute atomic E-state index is 0.0175. The van der Waals surface area contributed by atoms with Crippen LogP contribution in [0.25, 0.3) is 0 Å². The molecule has 3 amide bonds. The van der Waals surface area contributed by atoms with Crippen molar-refractivity contribution in [3.05, 3.63) is 59.7 Å². The van der Waals surface area contributed by atoms with Crippen molar-refractivity contribution >= 4 is 29.1 Å². The molecule has 2 aromatic rings. The van der Waals surface area contributed by atoms with Crippen molar-refractivity contribution < 1.29 is 14.4 Å². The van der Waals surface area contributed by atoms with Crippen LogP contribution < -0.4 is 21.3 Å². The van der Waals surface area contributed by atoms with Gasteiger partial charge in [-0.3, -0.25) is 14.4 Å². The first-order chi connectivity index (χ1) is 18.0. The molecule has 1 heterocycles. The number of nitrogens with zero attached hydrogens (tertiary/aromatic N) is 1. The average Bonchev–Trinajstić information content (AvgIpc) is 3.38. The Kier molecular flexibility index (Phi) is 7.89. The summed E-state index contributed by atoms with van der Waals surface area (Å²) in [4.78, 5) is 41.7. The maximum Gasteiger partial charge on any atom is 0.251 e. The maximum absolute atomic E-state index is 13.8. The molecule has 196 valence electrons. The molecule has 3 unspecified atom stereocenters. The van der Waals surface area contributed by atoms with E-state index in [-0.39, 0.29) is 36.2 Å². The van der Waals surface area contributed by atoms with Gasteiger partial charge in [-0.1, -0.05) is 68.9 Å². The molecule has 0 radical (unpaired) electrons. The van der Waals surface area contributed by atoms with E-state index in [0.29, 0.717) is 29.3 Å². The van der Waals surface area contributed by atoms with Crippen molar-refractivity contribution in [2.24, 2.45) is 11.7 Å². The van der Waals surface area contributed by atoms with Crippen LogP contribution >= 0.6 is 0 Å². The second-order valence-electron chi connectivity index (χ2n) is 10.9. The van der Waals surface area contributed by atoms with Crippen LogP contribution in [-0.4, -0.2) is 29.8 Å². The molecule has 7 heteroatoms. The zero-order chi connectivity index (χ0) is 25.8. The molecule has 1 aliphatic heterocycles. The predicted octanol–water partition coefficient (Wildman–Crippen LogP) is 5.07. The van der Waals surface area contributed by atoms with E-state index >= 15 is 0 Å². The number of hydrogen-bond donors (Lipinski definition) is 3. The van der Waals surface area contributed by atoms with Crippen LogP contribution in [0.2, 0.25) is 0 Å². The fraction of sp³-hybridized carbons (Fsp3) is 0.500. The van der Waals surface area contributed by atoms with Crippen LogP contribution in [0, 0.1) is 5.92 Å². The molecule has 2 saturated carbocycles. The fourth-order valence-electron chi connectivity index (χ4n) is 6.21. The van der Waals surface area contributed by atoms with Crippen LogP contribution in [0.1, 0.15) is 92.6 Å². The summed E-state index contributed by atoms with van der Waals surface area (Å²) in [7, 11) is 0. The Morgan fingerprint density at radius 1 is 0.973 bits per heavy atom. The summed E-state index contributed by atoms with van der Waals surface area (Å²) >= 11 is 0. The van der Waals surface area contributed by atoms with Crippen molar-refractivity contribution in [2.45, 2.75) is 88.8 Å². The molecule has 2 aromatic carbocycles. The van der Waals surface area contributed by atoms with E-state index in [0.717, 1.165) is 37.7 Å². The van der Waals surface area contributed by atoms with Gasteiger partial charge in [0, 0.05) is 24.1 Å². The molecule has 37 heavy (non-hydrogen) atoms. The lowest BCUT2D eigenvalue weighted by Gasteiger charge is -2.31. The standard InChI is InChI=1S/C30H38N4O3/c31-23-12-6-7-13-24(23)33-30(37)22-15-16-26-25(18-22)32-28(35)19-27(21-10-2-1-3-11-21)34(26)29(36)17-14-20-8-4-5-9-20/h1-3,10-11,15-16,18,20,23-24,27H,4-9,12-14,17,19,31H2,(H,32,35)(H,33,37). The van der Waals surface area contributed by atoms with Crippen molar-refractivity contribution in [3.63, 3.8) is 0 Å². The number of amides is 3. The van der Waals surface area contributed by atoms with Gasteiger partial charge < -0.3 is 21.3 Å². The van der Waals surface area contributed by atoms with Gasteiger partial charge in [0.15, 0.2) is 0 Å². The second kappa shape index (κ2) is 11.5. The summed E-state index contributed by atoms with van der Waals surface area (Å²) in [5.74, 6) is 0.238. The molecule has 0 aromatic heterocycles. The Morgan fingerprint density at radius 2 is 1.70 bits per heavy atom. The number of nitrogens with one attached hydrogen (secondary N) is 2. The lowest BCUT2D eigenvalue weighted by molar-refractivity contribution is -0.119. The van der Waals surface area contributed by atoms with E-state index in [2.05, 4.69) is 10.6 Å². The van der Waals surface area contributed by atoms with Crippen LogP contribution in [0.4, 0.5) is 11.4 Å². The van der Waals surface area contributed by atoms with Gasteiger partial charge >= 0.3 is 0 Å². The van der Waals surface area contributed by atoms with E-state index in [1.807, 2.05) is 30.3 Å². The number of anilines is 2. The number of rotatable bonds is 6. The SMILES string of the molecule is NC1CCCCC1NC(=O)c1ccc2c(c1)NC(=O)CC(c1ccccc1)N2C(=O)CCC1CCCC1. The Balaban J connectivity index is 1.44. The molecule has 7 nitrogen and oxygen atoms in total. The molecule has 3 atom stereocenters. The number of fused-ring (bicyclic) bond motifs is 1. The number of nitrogens with two attached hydrogens (primary N) is 1. The first-order valence-corrected chi connectivity index (χ1v) is 13.9. The number of hydrogen-bond acceptors (Lipinski definition) is 4. The largest absolute Gasteiger partial charge is 0.348 e. The van der Waals surface area contributed by atoms with E-state index in [1.54, 1.807) is 23.1 Å². The average molecular weight is 503 g/mol. The van der Waals surface area contributed by atoms with Gasteiger partial charge in [0.05, 0.1) is 23.8 Å². The highest BCUT2D eigenvalue weighted by atomic mass is 16.2. The molecule has 0 bridgehead atoms. The van der Waals surface area contributed by atoms with Crippen LogP contribution in [0.5, 0.6) is 0 Å². The van der Waals surface area contributed by atoms with Gasteiger partial charge in [-0.05, 0) is 48.9 Å². The second-order valence-corrected chi connectivity index (χ2v) is 10.9. The molecule has 5 rings (SSSR count). The van der Waals surface area contributed by atoms with E-state index in [4.69, 9.17) is 5.73 Å². The Labute approximate surface area is 219 Å². The third kappa shape index (κ3) is 5.87. The zero-order valence-corrected chi connectivity index (χ0v) is 21.5. The van der Waals surface area contributed by atoms with Crippen molar-refractivity contribution in [1.29, 1.82) is 0 Å². The van der Waals surface area contributed by atoms with E-state index in [1.165, 1.54) is 25.7 Å². The smallest absolute Gasteiger partial charge is 0.251 e. The van der Waals surface area contributed by atoms with Crippen LogP contribution in [-0.2, 0) is 9.59 Å².